The Morgan fingerprint density at radius 3 is 2.35 bits per heavy atom. The Hall–Kier alpha value is -4.14. The maximum absolute atomic E-state index is 12.7. The summed E-state index contributed by atoms with van der Waals surface area (Å²) in [5.74, 6) is -1.54. The molecule has 2 aromatic carbocycles. The first kappa shape index (κ1) is 23.0. The highest BCUT2D eigenvalue weighted by Gasteiger charge is 2.29. The van der Waals surface area contributed by atoms with Gasteiger partial charge in [0.25, 0.3) is 0 Å². The first-order valence-electron chi connectivity index (χ1n) is 11.1. The lowest BCUT2D eigenvalue weighted by atomic mass is 9.98. The topological polar surface area (TPSA) is 123 Å². The number of anilines is 1. The van der Waals surface area contributed by atoms with E-state index in [-0.39, 0.29) is 19.1 Å². The van der Waals surface area contributed by atoms with E-state index in [1.807, 2.05) is 43.3 Å². The summed E-state index contributed by atoms with van der Waals surface area (Å²) in [6.07, 6.45) is 3.19. The lowest BCUT2D eigenvalue weighted by Gasteiger charge is -2.19. The molecule has 0 radical (unpaired) electrons. The Morgan fingerprint density at radius 2 is 1.74 bits per heavy atom. The van der Waals surface area contributed by atoms with Gasteiger partial charge < -0.3 is 20.5 Å². The molecule has 0 fully saturated rings. The lowest BCUT2D eigenvalue weighted by Crippen LogP contribution is -2.44. The second-order valence-electron chi connectivity index (χ2n) is 8.12. The molecule has 1 heterocycles. The van der Waals surface area contributed by atoms with E-state index in [4.69, 9.17) is 9.84 Å². The van der Waals surface area contributed by atoms with Gasteiger partial charge in [0.1, 0.15) is 19.2 Å². The molecule has 1 aliphatic carbocycles. The van der Waals surface area contributed by atoms with Gasteiger partial charge in [0, 0.05) is 12.1 Å². The molecule has 3 N–H and O–H groups in total. The third kappa shape index (κ3) is 5.09. The molecule has 1 aromatic heterocycles. The summed E-state index contributed by atoms with van der Waals surface area (Å²) >= 11 is 0. The number of hydrogen-bond donors (Lipinski definition) is 3. The van der Waals surface area contributed by atoms with Crippen LogP contribution in [-0.4, -0.2) is 45.5 Å². The number of ether oxygens (including phenoxy) is 1. The number of benzene rings is 2. The predicted molar refractivity (Wildman–Crippen MR) is 125 cm³/mol. The van der Waals surface area contributed by atoms with Gasteiger partial charge in [-0.05, 0) is 28.7 Å². The van der Waals surface area contributed by atoms with E-state index in [9.17, 15) is 14.4 Å². The number of alkyl carbamates (subject to hydrolysis) is 1. The highest BCUT2D eigenvalue weighted by atomic mass is 16.5. The molecule has 4 rings (SSSR count). The van der Waals surface area contributed by atoms with Crippen molar-refractivity contribution < 1.29 is 24.2 Å². The van der Waals surface area contributed by atoms with Crippen molar-refractivity contribution in [1.82, 2.24) is 15.1 Å². The zero-order valence-electron chi connectivity index (χ0n) is 18.7. The Bertz CT molecular complexity index is 1160. The van der Waals surface area contributed by atoms with Crippen LogP contribution < -0.4 is 10.6 Å². The number of aliphatic carboxylic acids is 1. The van der Waals surface area contributed by atoms with Crippen LogP contribution in [0, 0.1) is 0 Å². The fourth-order valence-electron chi connectivity index (χ4n) is 4.22. The van der Waals surface area contributed by atoms with E-state index in [0.717, 1.165) is 22.3 Å². The molecule has 0 saturated heterocycles. The van der Waals surface area contributed by atoms with E-state index in [1.54, 1.807) is 0 Å². The second-order valence-corrected chi connectivity index (χ2v) is 8.12. The van der Waals surface area contributed by atoms with Gasteiger partial charge >= 0.3 is 12.1 Å². The van der Waals surface area contributed by atoms with Crippen molar-refractivity contribution in [3.63, 3.8) is 0 Å². The Morgan fingerprint density at radius 1 is 1.09 bits per heavy atom. The van der Waals surface area contributed by atoms with E-state index in [0.29, 0.717) is 18.5 Å². The van der Waals surface area contributed by atoms with Crippen LogP contribution in [0.4, 0.5) is 10.5 Å². The number of nitrogens with one attached hydrogen (secondary N) is 2. The summed E-state index contributed by atoms with van der Waals surface area (Å²) in [6.45, 7) is 1.75. The van der Waals surface area contributed by atoms with Gasteiger partial charge in [0.2, 0.25) is 5.91 Å². The number of carboxylic acids is 1. The molecule has 0 unspecified atom stereocenters. The van der Waals surface area contributed by atoms with E-state index in [2.05, 4.69) is 27.9 Å². The molecule has 0 saturated carbocycles. The van der Waals surface area contributed by atoms with Gasteiger partial charge in [-0.15, -0.1) is 0 Å². The number of fused-ring (bicyclic) bond motifs is 3. The quantitative estimate of drug-likeness (QED) is 0.446. The molecule has 34 heavy (non-hydrogen) atoms. The van der Waals surface area contributed by atoms with Crippen molar-refractivity contribution in [2.75, 3.05) is 11.9 Å². The van der Waals surface area contributed by atoms with Crippen molar-refractivity contribution in [2.45, 2.75) is 38.3 Å². The van der Waals surface area contributed by atoms with Gasteiger partial charge in [-0.3, -0.25) is 14.3 Å². The molecule has 9 heteroatoms. The first-order valence-corrected chi connectivity index (χ1v) is 11.1. The summed E-state index contributed by atoms with van der Waals surface area (Å²) in [7, 11) is 0. The Labute approximate surface area is 196 Å². The number of hydrogen-bond acceptors (Lipinski definition) is 5. The molecule has 2 amide bonds. The van der Waals surface area contributed by atoms with Crippen LogP contribution in [0.25, 0.3) is 11.1 Å². The monoisotopic (exact) mass is 462 g/mol. The highest BCUT2D eigenvalue weighted by molar-refractivity contribution is 5.96. The third-order valence-corrected chi connectivity index (χ3v) is 5.73. The summed E-state index contributed by atoms with van der Waals surface area (Å²) < 4.78 is 6.75. The maximum Gasteiger partial charge on any atom is 0.407 e. The van der Waals surface area contributed by atoms with Crippen LogP contribution in [0.3, 0.4) is 0 Å². The van der Waals surface area contributed by atoms with Crippen LogP contribution in [0.1, 0.15) is 36.8 Å². The van der Waals surface area contributed by atoms with Gasteiger partial charge in [0.15, 0.2) is 0 Å². The summed E-state index contributed by atoms with van der Waals surface area (Å²) in [5, 5.41) is 18.1. The fourth-order valence-corrected chi connectivity index (χ4v) is 4.22. The third-order valence-electron chi connectivity index (χ3n) is 5.73. The molecular weight excluding hydrogens is 436 g/mol. The van der Waals surface area contributed by atoms with Crippen LogP contribution in [0.5, 0.6) is 0 Å². The first-order chi connectivity index (χ1) is 16.5. The number of carbonyl (C=O) groups excluding carboxylic acids is 2. The summed E-state index contributed by atoms with van der Waals surface area (Å²) in [5.41, 5.74) is 4.84. The Kier molecular flexibility index (Phi) is 6.91. The molecule has 3 aromatic rings. The van der Waals surface area contributed by atoms with Gasteiger partial charge in [0.05, 0.1) is 11.9 Å². The predicted octanol–water partition coefficient (Wildman–Crippen LogP) is 3.61. The molecule has 0 bridgehead atoms. The van der Waals surface area contributed by atoms with Crippen LogP contribution in [-0.2, 0) is 20.9 Å². The van der Waals surface area contributed by atoms with Gasteiger partial charge in [-0.2, -0.15) is 5.10 Å². The SMILES string of the molecule is CCC[C@H](NC(=O)OCC1c2ccccc2-c2ccccc21)C(=O)Nc1cnn(CC(=O)O)c1. The number of amides is 2. The van der Waals surface area contributed by atoms with E-state index < -0.39 is 24.0 Å². The molecule has 0 spiro atoms. The number of aromatic nitrogens is 2. The zero-order chi connectivity index (χ0) is 24.1. The van der Waals surface area contributed by atoms with Gasteiger partial charge in [-0.1, -0.05) is 61.9 Å². The number of nitrogens with zero attached hydrogens (tertiary/aromatic N) is 2. The standard InChI is InChI=1S/C25H26N4O5/c1-2-7-22(24(32)27-16-12-26-29(13-16)14-23(30)31)28-25(33)34-15-21-19-10-5-3-8-17(19)18-9-4-6-11-20(18)21/h3-6,8-13,21-22H,2,7,14-15H2,1H3,(H,27,32)(H,28,33)(H,30,31)/t22-/m0/s1. The van der Waals surface area contributed by atoms with E-state index in [1.165, 1.54) is 17.1 Å². The van der Waals surface area contributed by atoms with Crippen LogP contribution in [0.15, 0.2) is 60.9 Å². The molecule has 176 valence electrons. The average molecular weight is 463 g/mol. The molecule has 0 aliphatic heterocycles. The van der Waals surface area contributed by atoms with E-state index >= 15 is 0 Å². The molecular formula is C25H26N4O5. The summed E-state index contributed by atoms with van der Waals surface area (Å²) in [6, 6.07) is 15.3. The van der Waals surface area contributed by atoms with Crippen LogP contribution in [0.2, 0.25) is 0 Å². The largest absolute Gasteiger partial charge is 0.480 e. The minimum Gasteiger partial charge on any atom is -0.480 e. The van der Waals surface area contributed by atoms with Crippen LogP contribution >= 0.6 is 0 Å². The van der Waals surface area contributed by atoms with Crippen molar-refractivity contribution in [2.24, 2.45) is 0 Å². The Balaban J connectivity index is 1.37. The molecule has 9 nitrogen and oxygen atoms in total. The van der Waals surface area contributed by atoms with Crippen molar-refractivity contribution in [3.05, 3.63) is 72.1 Å². The molecule has 1 atom stereocenters. The molecule has 1 aliphatic rings. The fraction of sp³-hybridized carbons (Fsp3) is 0.280. The minimum atomic E-state index is -1.04. The zero-order valence-corrected chi connectivity index (χ0v) is 18.7. The average Bonchev–Trinajstić information content (AvgIpc) is 3.38. The van der Waals surface area contributed by atoms with Crippen molar-refractivity contribution >= 4 is 23.7 Å². The summed E-state index contributed by atoms with van der Waals surface area (Å²) in [4.78, 5) is 36.1. The minimum absolute atomic E-state index is 0.0725. The number of carbonyl (C=O) groups is 3. The normalized spacial score (nSPS) is 13.0. The van der Waals surface area contributed by atoms with Crippen molar-refractivity contribution in [3.8, 4) is 11.1 Å². The highest BCUT2D eigenvalue weighted by Crippen LogP contribution is 2.44. The second kappa shape index (κ2) is 10.2. The number of carboxylic acid groups (broad SMARTS) is 1. The lowest BCUT2D eigenvalue weighted by molar-refractivity contribution is -0.137. The number of rotatable bonds is 9. The van der Waals surface area contributed by atoms with Gasteiger partial charge in [-0.25, -0.2) is 4.79 Å². The van der Waals surface area contributed by atoms with Crippen molar-refractivity contribution in [1.29, 1.82) is 0 Å². The smallest absolute Gasteiger partial charge is 0.407 e. The maximum atomic E-state index is 12.7.